The number of para-hydroxylation sites is 1. The molecule has 0 N–H and O–H groups in total. The van der Waals surface area contributed by atoms with Crippen LogP contribution in [0, 0.1) is 5.82 Å². The van der Waals surface area contributed by atoms with Crippen LogP contribution in [0.2, 0.25) is 0 Å². The topological polar surface area (TPSA) is 18.5 Å². The average molecular weight is 311 g/mol. The van der Waals surface area contributed by atoms with Gasteiger partial charge in [-0.25, -0.2) is 4.39 Å². The predicted molar refractivity (Wildman–Crippen MR) is 75.2 cm³/mol. The maximum Gasteiger partial charge on any atom is 0.512 e. The van der Waals surface area contributed by atoms with Crippen molar-refractivity contribution >= 4 is 12.4 Å². The van der Waals surface area contributed by atoms with Crippen LogP contribution in [-0.2, 0) is 6.42 Å². The van der Waals surface area contributed by atoms with Crippen LogP contribution < -0.4 is 14.9 Å². The molecular weight excluding hydrogens is 299 g/mol. The standard InChI is InChI=1S/C15H12BF4O2/c17-14-8-11(5-6-13(14)16(18,19)20)21-9-12-7-10-3-1-2-4-15(10)22-12/h1-6,8,12H,7,9H2/q-1. The molecule has 1 unspecified atom stereocenters. The summed E-state index contributed by atoms with van der Waals surface area (Å²) in [4.78, 5) is 0. The van der Waals surface area contributed by atoms with Crippen molar-refractivity contribution in [2.75, 3.05) is 6.61 Å². The fourth-order valence-corrected chi connectivity index (χ4v) is 2.40. The molecule has 3 rings (SSSR count). The van der Waals surface area contributed by atoms with Gasteiger partial charge in [-0.2, -0.15) is 0 Å². The van der Waals surface area contributed by atoms with Crippen molar-refractivity contribution in [2.45, 2.75) is 12.5 Å². The molecule has 0 aromatic heterocycles. The Hall–Kier alpha value is -2.18. The molecule has 1 heterocycles. The minimum atomic E-state index is -5.36. The molecule has 1 aliphatic heterocycles. The van der Waals surface area contributed by atoms with Crippen LogP contribution in [0.15, 0.2) is 42.5 Å². The van der Waals surface area contributed by atoms with Crippen LogP contribution in [0.25, 0.3) is 0 Å². The molecule has 0 radical (unpaired) electrons. The third-order valence-corrected chi connectivity index (χ3v) is 3.47. The lowest BCUT2D eigenvalue weighted by atomic mass is 9.80. The van der Waals surface area contributed by atoms with E-state index >= 15 is 0 Å². The molecule has 116 valence electrons. The van der Waals surface area contributed by atoms with Gasteiger partial charge in [-0.1, -0.05) is 29.7 Å². The maximum atomic E-state index is 13.4. The molecule has 2 aromatic rings. The first-order valence-corrected chi connectivity index (χ1v) is 6.80. The van der Waals surface area contributed by atoms with Crippen LogP contribution in [0.4, 0.5) is 17.3 Å². The van der Waals surface area contributed by atoms with Gasteiger partial charge in [0.25, 0.3) is 0 Å². The van der Waals surface area contributed by atoms with Gasteiger partial charge in [0.2, 0.25) is 0 Å². The zero-order valence-electron chi connectivity index (χ0n) is 11.4. The first kappa shape index (κ1) is 14.7. The number of halogens is 4. The summed E-state index contributed by atoms with van der Waals surface area (Å²) < 4.78 is 62.0. The van der Waals surface area contributed by atoms with Crippen molar-refractivity contribution in [1.82, 2.24) is 0 Å². The van der Waals surface area contributed by atoms with E-state index < -0.39 is 18.3 Å². The summed E-state index contributed by atoms with van der Waals surface area (Å²) in [6.07, 6.45) is 0.426. The Morgan fingerprint density at radius 1 is 1.14 bits per heavy atom. The Morgan fingerprint density at radius 2 is 1.91 bits per heavy atom. The lowest BCUT2D eigenvalue weighted by Gasteiger charge is -2.17. The van der Waals surface area contributed by atoms with E-state index in [1.54, 1.807) is 0 Å². The Bertz CT molecular complexity index is 662. The lowest BCUT2D eigenvalue weighted by molar-refractivity contribution is 0.148. The lowest BCUT2D eigenvalue weighted by Crippen LogP contribution is -2.36. The third kappa shape index (κ3) is 3.03. The summed E-state index contributed by atoms with van der Waals surface area (Å²) in [5, 5.41) is 0. The summed E-state index contributed by atoms with van der Waals surface area (Å²) in [5.41, 5.74) is -0.186. The first-order chi connectivity index (χ1) is 10.4. The van der Waals surface area contributed by atoms with Crippen LogP contribution in [0.3, 0.4) is 0 Å². The molecule has 0 fully saturated rings. The third-order valence-electron chi connectivity index (χ3n) is 3.47. The quantitative estimate of drug-likeness (QED) is 0.637. The van der Waals surface area contributed by atoms with E-state index in [4.69, 9.17) is 9.47 Å². The van der Waals surface area contributed by atoms with E-state index in [0.29, 0.717) is 12.5 Å². The van der Waals surface area contributed by atoms with Crippen molar-refractivity contribution in [3.05, 3.63) is 53.8 Å². The van der Waals surface area contributed by atoms with Gasteiger partial charge in [-0.15, -0.1) is 0 Å². The summed E-state index contributed by atoms with van der Waals surface area (Å²) in [6.45, 7) is -5.21. The van der Waals surface area contributed by atoms with Gasteiger partial charge < -0.3 is 22.4 Å². The van der Waals surface area contributed by atoms with Gasteiger partial charge in [0.05, 0.1) is 5.82 Å². The number of rotatable bonds is 4. The van der Waals surface area contributed by atoms with Crippen molar-refractivity contribution in [1.29, 1.82) is 0 Å². The second-order valence-corrected chi connectivity index (χ2v) is 5.12. The molecule has 7 heteroatoms. The zero-order chi connectivity index (χ0) is 15.7. The second-order valence-electron chi connectivity index (χ2n) is 5.12. The highest BCUT2D eigenvalue weighted by Crippen LogP contribution is 2.28. The molecule has 1 aliphatic rings. The summed E-state index contributed by atoms with van der Waals surface area (Å²) in [6, 6.07) is 10.1. The van der Waals surface area contributed by atoms with Gasteiger partial charge in [0, 0.05) is 12.5 Å². The van der Waals surface area contributed by atoms with Crippen LogP contribution in [0.1, 0.15) is 5.56 Å². The van der Waals surface area contributed by atoms with E-state index in [1.807, 2.05) is 24.3 Å². The minimum Gasteiger partial charge on any atom is -0.490 e. The molecule has 0 bridgehead atoms. The number of benzene rings is 2. The largest absolute Gasteiger partial charge is 0.512 e. The maximum absolute atomic E-state index is 13.4. The molecule has 0 aliphatic carbocycles. The van der Waals surface area contributed by atoms with E-state index in [1.165, 1.54) is 0 Å². The molecule has 0 amide bonds. The molecule has 0 spiro atoms. The second kappa shape index (κ2) is 5.55. The smallest absolute Gasteiger partial charge is 0.490 e. The highest BCUT2D eigenvalue weighted by atomic mass is 19.4. The number of ether oxygens (including phenoxy) is 2. The molecule has 22 heavy (non-hydrogen) atoms. The number of fused-ring (bicyclic) bond motifs is 1. The van der Waals surface area contributed by atoms with Gasteiger partial charge in [-0.3, -0.25) is 0 Å². The van der Waals surface area contributed by atoms with Crippen molar-refractivity contribution < 1.29 is 26.8 Å². The van der Waals surface area contributed by atoms with Gasteiger partial charge in [0.15, 0.2) is 0 Å². The Labute approximate surface area is 124 Å². The van der Waals surface area contributed by atoms with Crippen LogP contribution in [0.5, 0.6) is 11.5 Å². The fourth-order valence-electron chi connectivity index (χ4n) is 2.40. The van der Waals surface area contributed by atoms with Crippen molar-refractivity contribution in [3.8, 4) is 11.5 Å². The molecular formula is C15H12BF4O2-. The van der Waals surface area contributed by atoms with E-state index in [9.17, 15) is 17.3 Å². The minimum absolute atomic E-state index is 0.0563. The highest BCUT2D eigenvalue weighted by molar-refractivity contribution is 6.73. The van der Waals surface area contributed by atoms with Crippen molar-refractivity contribution in [3.63, 3.8) is 0 Å². The first-order valence-electron chi connectivity index (χ1n) is 6.80. The van der Waals surface area contributed by atoms with E-state index in [0.717, 1.165) is 23.4 Å². The fraction of sp³-hybridized carbons (Fsp3) is 0.200. The normalized spacial score (nSPS) is 17.0. The SMILES string of the molecule is Fc1cc(OCC2Cc3ccccc3O2)ccc1[B-](F)(F)F. The Kier molecular flexibility index (Phi) is 3.72. The Balaban J connectivity index is 1.63. The van der Waals surface area contributed by atoms with Gasteiger partial charge >= 0.3 is 6.98 Å². The molecule has 2 nitrogen and oxygen atoms in total. The van der Waals surface area contributed by atoms with Crippen LogP contribution >= 0.6 is 0 Å². The van der Waals surface area contributed by atoms with Crippen molar-refractivity contribution in [2.24, 2.45) is 0 Å². The van der Waals surface area contributed by atoms with E-state index in [2.05, 4.69) is 0 Å². The summed E-state index contributed by atoms with van der Waals surface area (Å²) in [5.74, 6) is -0.487. The van der Waals surface area contributed by atoms with Crippen LogP contribution in [-0.4, -0.2) is 19.7 Å². The monoisotopic (exact) mass is 311 g/mol. The molecule has 2 aromatic carbocycles. The molecule has 0 saturated carbocycles. The predicted octanol–water partition coefficient (Wildman–Crippen LogP) is 3.26. The summed E-state index contributed by atoms with van der Waals surface area (Å²) >= 11 is 0. The van der Waals surface area contributed by atoms with Gasteiger partial charge in [-0.05, 0) is 17.7 Å². The van der Waals surface area contributed by atoms with E-state index in [-0.39, 0.29) is 18.5 Å². The molecule has 1 atom stereocenters. The molecule has 0 saturated heterocycles. The zero-order valence-corrected chi connectivity index (χ0v) is 11.4. The highest BCUT2D eigenvalue weighted by Gasteiger charge is 2.29. The Morgan fingerprint density at radius 3 is 2.59 bits per heavy atom. The number of hydrogen-bond donors (Lipinski definition) is 0. The number of hydrogen-bond acceptors (Lipinski definition) is 2. The average Bonchev–Trinajstić information content (AvgIpc) is 2.86. The summed E-state index contributed by atoms with van der Waals surface area (Å²) in [7, 11) is 0. The van der Waals surface area contributed by atoms with Gasteiger partial charge in [0.1, 0.15) is 24.2 Å².